The van der Waals surface area contributed by atoms with Crippen molar-refractivity contribution >= 4 is 34.4 Å². The summed E-state index contributed by atoms with van der Waals surface area (Å²) in [6.45, 7) is 0.840. The summed E-state index contributed by atoms with van der Waals surface area (Å²) in [7, 11) is 0. The van der Waals surface area contributed by atoms with E-state index in [2.05, 4.69) is 15.0 Å². The zero-order valence-corrected chi connectivity index (χ0v) is 12.3. The summed E-state index contributed by atoms with van der Waals surface area (Å²) in [4.78, 5) is 13.6. The second kappa shape index (κ2) is 6.01. The highest BCUT2D eigenvalue weighted by Crippen LogP contribution is 2.25. The first-order chi connectivity index (χ1) is 10.3. The summed E-state index contributed by atoms with van der Waals surface area (Å²) >= 11 is 1.76. The Labute approximate surface area is 126 Å². The molecule has 0 unspecified atom stereocenters. The minimum atomic E-state index is 0.421. The number of hydrogen-bond acceptors (Lipinski definition) is 6. The fourth-order valence-electron chi connectivity index (χ4n) is 2.09. The summed E-state index contributed by atoms with van der Waals surface area (Å²) < 4.78 is 2.00. The Morgan fingerprint density at radius 1 is 1.10 bits per heavy atom. The highest BCUT2D eigenvalue weighted by Gasteiger charge is 2.07. The standard InChI is InChI=1S/C14H16N6S/c15-10-4-1-2-5-11(10)21-7-3-6-20-9-19-12-13(16)17-8-18-14(12)20/h1-2,4-5,8-9H,3,6-7,15H2,(H2,16,17,18). The molecular weight excluding hydrogens is 284 g/mol. The number of nitrogens with two attached hydrogens (primary N) is 2. The van der Waals surface area contributed by atoms with Crippen molar-refractivity contribution in [2.45, 2.75) is 17.9 Å². The number of imidazole rings is 1. The molecule has 0 amide bonds. The van der Waals surface area contributed by atoms with Crippen molar-refractivity contribution in [1.82, 2.24) is 19.5 Å². The maximum absolute atomic E-state index is 5.92. The number of nitrogen functional groups attached to an aromatic ring is 2. The molecule has 0 spiro atoms. The first-order valence-electron chi connectivity index (χ1n) is 6.64. The van der Waals surface area contributed by atoms with Crippen LogP contribution in [0.3, 0.4) is 0 Å². The lowest BCUT2D eigenvalue weighted by Gasteiger charge is -2.06. The summed E-state index contributed by atoms with van der Waals surface area (Å²) in [5.41, 5.74) is 14.0. The van der Waals surface area contributed by atoms with Crippen molar-refractivity contribution < 1.29 is 0 Å². The molecule has 2 aromatic heterocycles. The van der Waals surface area contributed by atoms with E-state index in [1.807, 2.05) is 28.8 Å². The number of para-hydroxylation sites is 1. The Morgan fingerprint density at radius 2 is 1.95 bits per heavy atom. The van der Waals surface area contributed by atoms with E-state index in [9.17, 15) is 0 Å². The van der Waals surface area contributed by atoms with Gasteiger partial charge in [-0.2, -0.15) is 0 Å². The third-order valence-electron chi connectivity index (χ3n) is 3.15. The van der Waals surface area contributed by atoms with E-state index in [0.29, 0.717) is 11.3 Å². The molecule has 4 N–H and O–H groups in total. The number of aryl methyl sites for hydroxylation is 1. The molecule has 3 rings (SSSR count). The van der Waals surface area contributed by atoms with Gasteiger partial charge in [0.2, 0.25) is 0 Å². The van der Waals surface area contributed by atoms with Crippen LogP contribution in [0.1, 0.15) is 6.42 Å². The molecule has 21 heavy (non-hydrogen) atoms. The van der Waals surface area contributed by atoms with Crippen molar-refractivity contribution in [1.29, 1.82) is 0 Å². The summed E-state index contributed by atoms with van der Waals surface area (Å²) in [6, 6.07) is 7.91. The van der Waals surface area contributed by atoms with Gasteiger partial charge in [0.05, 0.1) is 6.33 Å². The first-order valence-corrected chi connectivity index (χ1v) is 7.63. The third kappa shape index (κ3) is 2.92. The molecule has 0 aliphatic carbocycles. The van der Waals surface area contributed by atoms with E-state index in [1.54, 1.807) is 18.1 Å². The lowest BCUT2D eigenvalue weighted by Crippen LogP contribution is -2.00. The van der Waals surface area contributed by atoms with Gasteiger partial charge in [-0.1, -0.05) is 12.1 Å². The van der Waals surface area contributed by atoms with E-state index in [-0.39, 0.29) is 0 Å². The predicted molar refractivity (Wildman–Crippen MR) is 85.9 cm³/mol. The van der Waals surface area contributed by atoms with Crippen LogP contribution >= 0.6 is 11.8 Å². The van der Waals surface area contributed by atoms with Gasteiger partial charge in [0, 0.05) is 17.1 Å². The average Bonchev–Trinajstić information content (AvgIpc) is 2.90. The van der Waals surface area contributed by atoms with Gasteiger partial charge in [-0.05, 0) is 24.3 Å². The van der Waals surface area contributed by atoms with Crippen LogP contribution in [0.25, 0.3) is 11.2 Å². The van der Waals surface area contributed by atoms with Gasteiger partial charge in [-0.15, -0.1) is 11.8 Å². The van der Waals surface area contributed by atoms with Crippen LogP contribution in [-0.2, 0) is 6.54 Å². The molecule has 6 nitrogen and oxygen atoms in total. The predicted octanol–water partition coefficient (Wildman–Crippen LogP) is 2.17. The number of hydrogen-bond donors (Lipinski definition) is 2. The fourth-order valence-corrected chi connectivity index (χ4v) is 2.99. The minimum absolute atomic E-state index is 0.421. The number of rotatable bonds is 5. The molecule has 0 radical (unpaired) electrons. The van der Waals surface area contributed by atoms with Gasteiger partial charge in [-0.3, -0.25) is 0 Å². The topological polar surface area (TPSA) is 95.6 Å². The highest BCUT2D eigenvalue weighted by molar-refractivity contribution is 7.99. The van der Waals surface area contributed by atoms with Crippen LogP contribution in [-0.4, -0.2) is 25.3 Å². The molecule has 0 bridgehead atoms. The second-order valence-corrected chi connectivity index (χ2v) is 5.75. The molecule has 7 heteroatoms. The molecule has 0 saturated heterocycles. The van der Waals surface area contributed by atoms with E-state index in [1.165, 1.54) is 6.33 Å². The molecule has 0 fully saturated rings. The fraction of sp³-hybridized carbons (Fsp3) is 0.214. The van der Waals surface area contributed by atoms with Crippen molar-refractivity contribution in [3.8, 4) is 0 Å². The molecule has 0 saturated carbocycles. The van der Waals surface area contributed by atoms with Crippen LogP contribution in [0.2, 0.25) is 0 Å². The number of nitrogens with zero attached hydrogens (tertiary/aromatic N) is 4. The van der Waals surface area contributed by atoms with Crippen LogP contribution in [0.4, 0.5) is 11.5 Å². The maximum Gasteiger partial charge on any atom is 0.165 e. The van der Waals surface area contributed by atoms with Gasteiger partial charge in [-0.25, -0.2) is 15.0 Å². The van der Waals surface area contributed by atoms with Crippen LogP contribution in [0, 0.1) is 0 Å². The number of thioether (sulfide) groups is 1. The van der Waals surface area contributed by atoms with E-state index in [0.717, 1.165) is 34.9 Å². The summed E-state index contributed by atoms with van der Waals surface area (Å²) in [5, 5.41) is 0. The SMILES string of the molecule is Nc1ccccc1SCCCn1cnc2c(N)ncnc21. The average molecular weight is 300 g/mol. The van der Waals surface area contributed by atoms with Crippen molar-refractivity contribution in [3.05, 3.63) is 36.9 Å². The Kier molecular flexibility index (Phi) is 3.92. The number of fused-ring (bicyclic) bond motifs is 1. The van der Waals surface area contributed by atoms with Gasteiger partial charge in [0.25, 0.3) is 0 Å². The number of aromatic nitrogens is 4. The molecular formula is C14H16N6S. The summed E-state index contributed by atoms with van der Waals surface area (Å²) in [6.07, 6.45) is 4.22. The van der Waals surface area contributed by atoms with Crippen LogP contribution in [0.15, 0.2) is 41.8 Å². The van der Waals surface area contributed by atoms with Gasteiger partial charge >= 0.3 is 0 Å². The largest absolute Gasteiger partial charge is 0.398 e. The molecule has 0 aliphatic rings. The monoisotopic (exact) mass is 300 g/mol. The normalized spacial score (nSPS) is 11.0. The van der Waals surface area contributed by atoms with E-state index in [4.69, 9.17) is 11.5 Å². The minimum Gasteiger partial charge on any atom is -0.398 e. The number of benzene rings is 1. The zero-order chi connectivity index (χ0) is 14.7. The smallest absolute Gasteiger partial charge is 0.165 e. The second-order valence-electron chi connectivity index (χ2n) is 4.61. The van der Waals surface area contributed by atoms with Crippen molar-refractivity contribution in [2.75, 3.05) is 17.2 Å². The van der Waals surface area contributed by atoms with Crippen LogP contribution < -0.4 is 11.5 Å². The van der Waals surface area contributed by atoms with E-state index >= 15 is 0 Å². The molecule has 0 aliphatic heterocycles. The highest BCUT2D eigenvalue weighted by atomic mass is 32.2. The maximum atomic E-state index is 5.92. The summed E-state index contributed by atoms with van der Waals surface area (Å²) in [5.74, 6) is 1.40. The Hall–Kier alpha value is -2.28. The van der Waals surface area contributed by atoms with Crippen molar-refractivity contribution in [2.24, 2.45) is 0 Å². The molecule has 0 atom stereocenters. The third-order valence-corrected chi connectivity index (χ3v) is 4.33. The quantitative estimate of drug-likeness (QED) is 0.426. The van der Waals surface area contributed by atoms with Gasteiger partial charge in [0.1, 0.15) is 11.8 Å². The van der Waals surface area contributed by atoms with Crippen LogP contribution in [0.5, 0.6) is 0 Å². The first kappa shape index (κ1) is 13.7. The molecule has 108 valence electrons. The van der Waals surface area contributed by atoms with Gasteiger partial charge < -0.3 is 16.0 Å². The Bertz CT molecular complexity index is 754. The Morgan fingerprint density at radius 3 is 2.81 bits per heavy atom. The molecule has 3 aromatic rings. The lowest BCUT2D eigenvalue weighted by atomic mass is 10.3. The number of anilines is 2. The van der Waals surface area contributed by atoms with Gasteiger partial charge in [0.15, 0.2) is 11.5 Å². The zero-order valence-electron chi connectivity index (χ0n) is 11.4. The molecule has 2 heterocycles. The van der Waals surface area contributed by atoms with E-state index < -0.39 is 0 Å². The lowest BCUT2D eigenvalue weighted by molar-refractivity contribution is 0.696. The van der Waals surface area contributed by atoms with Crippen molar-refractivity contribution in [3.63, 3.8) is 0 Å². The Balaban J connectivity index is 1.60. The molecule has 1 aromatic carbocycles.